The number of carbonyl (C=O) groups is 2. The molecule has 0 spiro atoms. The van der Waals surface area contributed by atoms with Gasteiger partial charge in [0, 0.05) is 30.8 Å². The predicted molar refractivity (Wildman–Crippen MR) is 131 cm³/mol. The van der Waals surface area contributed by atoms with Gasteiger partial charge in [0.15, 0.2) is 6.10 Å². The molecule has 2 N–H and O–H groups in total. The van der Waals surface area contributed by atoms with Crippen LogP contribution in [-0.2, 0) is 19.6 Å². The summed E-state index contributed by atoms with van der Waals surface area (Å²) >= 11 is 0. The number of hydrogen-bond acceptors (Lipinski definition) is 5. The lowest BCUT2D eigenvalue weighted by atomic mass is 9.96. The predicted octanol–water partition coefficient (Wildman–Crippen LogP) is 3.68. The number of amides is 2. The number of nitrogens with zero attached hydrogens (tertiary/aromatic N) is 1. The number of rotatable bonds is 4. The van der Waals surface area contributed by atoms with Gasteiger partial charge in [0.05, 0.1) is 10.6 Å². The Labute approximate surface area is 200 Å². The smallest absolute Gasteiger partial charge is 0.265 e. The molecule has 2 heterocycles. The van der Waals surface area contributed by atoms with Crippen molar-refractivity contribution in [1.29, 1.82) is 0 Å². The van der Waals surface area contributed by atoms with Crippen LogP contribution in [0, 0.1) is 33.6 Å². The van der Waals surface area contributed by atoms with Gasteiger partial charge in [0.1, 0.15) is 5.75 Å². The van der Waals surface area contributed by atoms with Crippen LogP contribution in [0.3, 0.4) is 0 Å². The molecule has 182 valence electrons. The van der Waals surface area contributed by atoms with Gasteiger partial charge in [0.25, 0.3) is 5.91 Å². The van der Waals surface area contributed by atoms with Gasteiger partial charge < -0.3 is 15.4 Å². The molecular weight excluding hydrogens is 454 g/mol. The van der Waals surface area contributed by atoms with E-state index in [1.165, 1.54) is 10.4 Å². The Morgan fingerprint density at radius 2 is 1.65 bits per heavy atom. The van der Waals surface area contributed by atoms with Crippen LogP contribution in [0.25, 0.3) is 0 Å². The number of piperidine rings is 1. The summed E-state index contributed by atoms with van der Waals surface area (Å²) < 4.78 is 33.9. The van der Waals surface area contributed by atoms with Crippen LogP contribution in [-0.4, -0.2) is 43.7 Å². The van der Waals surface area contributed by atoms with Gasteiger partial charge in [0.2, 0.25) is 15.9 Å². The zero-order valence-electron chi connectivity index (χ0n) is 20.2. The number of benzene rings is 2. The number of sulfonamides is 1. The van der Waals surface area contributed by atoms with Crippen molar-refractivity contribution in [2.45, 2.75) is 58.5 Å². The first-order valence-electron chi connectivity index (χ1n) is 11.5. The van der Waals surface area contributed by atoms with E-state index in [9.17, 15) is 18.0 Å². The molecule has 0 bridgehead atoms. The van der Waals surface area contributed by atoms with Crippen molar-refractivity contribution < 1.29 is 22.7 Å². The van der Waals surface area contributed by atoms with Crippen LogP contribution in [0.1, 0.15) is 42.0 Å². The summed E-state index contributed by atoms with van der Waals surface area (Å²) in [7, 11) is -3.77. The van der Waals surface area contributed by atoms with E-state index in [0.29, 0.717) is 29.8 Å². The largest absolute Gasteiger partial charge is 0.479 e. The molecule has 2 aliphatic heterocycles. The Kier molecular flexibility index (Phi) is 6.44. The van der Waals surface area contributed by atoms with E-state index in [0.717, 1.165) is 22.4 Å². The van der Waals surface area contributed by atoms with E-state index in [4.69, 9.17) is 4.74 Å². The fourth-order valence-corrected chi connectivity index (χ4v) is 6.41. The molecule has 1 atom stereocenters. The number of hydrogen-bond donors (Lipinski definition) is 2. The lowest BCUT2D eigenvalue weighted by molar-refractivity contribution is -0.123. The molecule has 1 fully saturated rings. The Morgan fingerprint density at radius 1 is 1.03 bits per heavy atom. The monoisotopic (exact) mass is 485 g/mol. The number of nitrogens with one attached hydrogen (secondary N) is 2. The normalized spacial score (nSPS) is 19.2. The first-order valence-corrected chi connectivity index (χ1v) is 12.9. The quantitative estimate of drug-likeness (QED) is 0.687. The number of ether oxygens (including phenoxy) is 1. The number of aryl methyl sites for hydroxylation is 4. The van der Waals surface area contributed by atoms with E-state index in [1.807, 2.05) is 32.9 Å². The van der Waals surface area contributed by atoms with Gasteiger partial charge in [-0.15, -0.1) is 0 Å². The van der Waals surface area contributed by atoms with Crippen LogP contribution in [0.2, 0.25) is 0 Å². The second kappa shape index (κ2) is 9.03. The Hall–Kier alpha value is -2.91. The molecule has 4 rings (SSSR count). The van der Waals surface area contributed by atoms with Crippen molar-refractivity contribution in [3.8, 4) is 5.75 Å². The summed E-state index contributed by atoms with van der Waals surface area (Å²) in [4.78, 5) is 24.9. The van der Waals surface area contributed by atoms with Crippen LogP contribution in [0.4, 0.5) is 11.4 Å². The first-order chi connectivity index (χ1) is 16.0. The van der Waals surface area contributed by atoms with Crippen molar-refractivity contribution in [2.75, 3.05) is 23.7 Å². The fourth-order valence-electron chi connectivity index (χ4n) is 4.72. The average molecular weight is 486 g/mol. The summed E-state index contributed by atoms with van der Waals surface area (Å²) in [6.45, 7) is 9.80. The van der Waals surface area contributed by atoms with Crippen molar-refractivity contribution in [3.05, 3.63) is 46.5 Å². The third kappa shape index (κ3) is 4.54. The van der Waals surface area contributed by atoms with Crippen molar-refractivity contribution in [3.63, 3.8) is 0 Å². The first kappa shape index (κ1) is 24.2. The summed E-state index contributed by atoms with van der Waals surface area (Å²) in [6, 6.07) is 7.18. The summed E-state index contributed by atoms with van der Waals surface area (Å²) in [5.74, 6) is -0.251. The maximum atomic E-state index is 13.4. The minimum Gasteiger partial charge on any atom is -0.479 e. The molecule has 2 aliphatic rings. The SMILES string of the molecule is Cc1cc(C)c(NC(=O)C2CCN(S(=O)(=O)c3cc4c(cc3C)NC(=O)[C@@H](C)O4)CC2)c(C)c1. The van der Waals surface area contributed by atoms with E-state index < -0.39 is 16.1 Å². The molecule has 0 unspecified atom stereocenters. The van der Waals surface area contributed by atoms with Crippen molar-refractivity contribution >= 4 is 33.2 Å². The van der Waals surface area contributed by atoms with Gasteiger partial charge in [-0.1, -0.05) is 17.7 Å². The standard InChI is InChI=1S/C25H31N3O5S/c1-14-10-16(3)23(17(4)11-14)27-25(30)19-6-8-28(9-7-19)34(31,32)22-13-21-20(12-15(22)2)26-24(29)18(5)33-21/h10-13,18-19H,6-9H2,1-5H3,(H,26,29)(H,27,30)/t18-/m1/s1. The third-order valence-corrected chi connectivity index (χ3v) is 8.62. The molecule has 34 heavy (non-hydrogen) atoms. The minimum atomic E-state index is -3.77. The van der Waals surface area contributed by atoms with Crippen LogP contribution in [0.15, 0.2) is 29.2 Å². The molecule has 0 aliphatic carbocycles. The van der Waals surface area contributed by atoms with Gasteiger partial charge in [-0.2, -0.15) is 4.31 Å². The molecule has 0 aromatic heterocycles. The van der Waals surface area contributed by atoms with Crippen LogP contribution >= 0.6 is 0 Å². The number of fused-ring (bicyclic) bond motifs is 1. The highest BCUT2D eigenvalue weighted by Gasteiger charge is 2.34. The summed E-state index contributed by atoms with van der Waals surface area (Å²) in [6.07, 6.45) is 0.200. The topological polar surface area (TPSA) is 105 Å². The Balaban J connectivity index is 1.46. The number of carbonyl (C=O) groups excluding carboxylic acids is 2. The minimum absolute atomic E-state index is 0.0739. The summed E-state index contributed by atoms with van der Waals surface area (Å²) in [5, 5.41) is 5.79. The van der Waals surface area contributed by atoms with Crippen molar-refractivity contribution in [1.82, 2.24) is 4.31 Å². The average Bonchev–Trinajstić information content (AvgIpc) is 2.77. The van der Waals surface area contributed by atoms with Crippen LogP contribution in [0.5, 0.6) is 5.75 Å². The fraction of sp³-hybridized carbons (Fsp3) is 0.440. The maximum Gasteiger partial charge on any atom is 0.265 e. The maximum absolute atomic E-state index is 13.4. The second-order valence-electron chi connectivity index (χ2n) is 9.30. The molecule has 1 saturated heterocycles. The molecule has 2 amide bonds. The molecule has 8 nitrogen and oxygen atoms in total. The third-order valence-electron chi connectivity index (χ3n) is 6.58. The second-order valence-corrected chi connectivity index (χ2v) is 11.2. The highest BCUT2D eigenvalue weighted by molar-refractivity contribution is 7.89. The van der Waals surface area contributed by atoms with E-state index >= 15 is 0 Å². The van der Waals surface area contributed by atoms with E-state index in [1.54, 1.807) is 19.9 Å². The van der Waals surface area contributed by atoms with E-state index in [2.05, 4.69) is 10.6 Å². The zero-order chi connectivity index (χ0) is 24.8. The highest BCUT2D eigenvalue weighted by atomic mass is 32.2. The van der Waals surface area contributed by atoms with Crippen LogP contribution < -0.4 is 15.4 Å². The molecule has 2 aromatic rings. The van der Waals surface area contributed by atoms with Gasteiger partial charge in [-0.05, 0) is 70.2 Å². The molecular formula is C25H31N3O5S. The van der Waals surface area contributed by atoms with Gasteiger partial charge >= 0.3 is 0 Å². The molecule has 2 aromatic carbocycles. The van der Waals surface area contributed by atoms with E-state index in [-0.39, 0.29) is 35.7 Å². The molecule has 0 saturated carbocycles. The zero-order valence-corrected chi connectivity index (χ0v) is 21.0. The molecule has 9 heteroatoms. The summed E-state index contributed by atoms with van der Waals surface area (Å²) in [5.41, 5.74) is 5.00. The Bertz CT molecular complexity index is 1240. The lowest BCUT2D eigenvalue weighted by Crippen LogP contribution is -2.41. The van der Waals surface area contributed by atoms with Crippen molar-refractivity contribution in [2.24, 2.45) is 5.92 Å². The van der Waals surface area contributed by atoms with Gasteiger partial charge in [-0.25, -0.2) is 8.42 Å². The highest BCUT2D eigenvalue weighted by Crippen LogP contribution is 2.36. The molecule has 0 radical (unpaired) electrons. The number of anilines is 2. The lowest BCUT2D eigenvalue weighted by Gasteiger charge is -2.32. The van der Waals surface area contributed by atoms with Gasteiger partial charge in [-0.3, -0.25) is 9.59 Å². The Morgan fingerprint density at radius 3 is 2.26 bits per heavy atom.